The fourth-order valence-electron chi connectivity index (χ4n) is 3.47. The molecule has 1 aliphatic carbocycles. The van der Waals surface area contributed by atoms with Gasteiger partial charge in [-0.25, -0.2) is 18.1 Å². The Kier molecular flexibility index (Phi) is 6.22. The van der Waals surface area contributed by atoms with Crippen LogP contribution in [0.15, 0.2) is 35.1 Å². The third-order valence-corrected chi connectivity index (χ3v) is 7.19. The van der Waals surface area contributed by atoms with Crippen LogP contribution in [-0.2, 0) is 10.0 Å². The zero-order valence-electron chi connectivity index (χ0n) is 16.2. The number of nitrogens with zero attached hydrogens (tertiary/aromatic N) is 1. The molecule has 1 heterocycles. The molecule has 0 aliphatic heterocycles. The molecule has 148 valence electrons. The quantitative estimate of drug-likeness (QED) is 0.747. The minimum Gasteiger partial charge on any atom is -0.445 e. The molecule has 0 bridgehead atoms. The Bertz CT molecular complexity index is 839. The molecular weight excluding hydrogens is 362 g/mol. The molecule has 1 fully saturated rings. The fourth-order valence-corrected chi connectivity index (χ4v) is 4.44. The molecule has 6 nitrogen and oxygen atoms in total. The van der Waals surface area contributed by atoms with E-state index in [1.807, 2.05) is 6.07 Å². The van der Waals surface area contributed by atoms with Gasteiger partial charge in [-0.05, 0) is 76.1 Å². The van der Waals surface area contributed by atoms with Crippen molar-refractivity contribution in [1.82, 2.24) is 9.71 Å². The molecule has 0 atom stereocenters. The summed E-state index contributed by atoms with van der Waals surface area (Å²) >= 11 is 0. The van der Waals surface area contributed by atoms with Crippen molar-refractivity contribution in [1.29, 1.82) is 0 Å². The van der Waals surface area contributed by atoms with Crippen molar-refractivity contribution in [3.8, 4) is 11.5 Å². The Morgan fingerprint density at radius 3 is 2.56 bits per heavy atom. The Hall–Kier alpha value is -1.86. The highest BCUT2D eigenvalue weighted by atomic mass is 32.2. The van der Waals surface area contributed by atoms with E-state index in [0.29, 0.717) is 11.8 Å². The van der Waals surface area contributed by atoms with Crippen LogP contribution in [-0.4, -0.2) is 31.2 Å². The topological polar surface area (TPSA) is 84.2 Å². The van der Waals surface area contributed by atoms with E-state index in [1.165, 1.54) is 0 Å². The molecular formula is C20H29N3O3S. The van der Waals surface area contributed by atoms with Crippen LogP contribution >= 0.6 is 0 Å². The number of aromatic nitrogens is 1. The SMILES string of the molecule is Cc1cc(-c2ncco2)ccc1NCC1CCC(NS(=O)(=O)C(C)C)CC1. The van der Waals surface area contributed by atoms with Crippen molar-refractivity contribution >= 4 is 15.7 Å². The molecule has 0 spiro atoms. The van der Waals surface area contributed by atoms with Crippen molar-refractivity contribution in [3.05, 3.63) is 36.2 Å². The Balaban J connectivity index is 1.49. The van der Waals surface area contributed by atoms with Crippen LogP contribution in [0.4, 0.5) is 5.69 Å². The van der Waals surface area contributed by atoms with Gasteiger partial charge in [-0.3, -0.25) is 0 Å². The predicted octanol–water partition coefficient (Wildman–Crippen LogP) is 3.95. The predicted molar refractivity (Wildman–Crippen MR) is 108 cm³/mol. The average Bonchev–Trinajstić information content (AvgIpc) is 3.16. The second-order valence-corrected chi connectivity index (χ2v) is 9.95. The molecule has 0 radical (unpaired) electrons. The van der Waals surface area contributed by atoms with E-state index in [1.54, 1.807) is 26.3 Å². The summed E-state index contributed by atoms with van der Waals surface area (Å²) in [5, 5.41) is 3.17. The third-order valence-electron chi connectivity index (χ3n) is 5.29. The summed E-state index contributed by atoms with van der Waals surface area (Å²) in [7, 11) is -3.18. The molecule has 2 N–H and O–H groups in total. The summed E-state index contributed by atoms with van der Waals surface area (Å²) in [5.74, 6) is 1.20. The summed E-state index contributed by atoms with van der Waals surface area (Å²) in [6.45, 7) is 6.41. The lowest BCUT2D eigenvalue weighted by Gasteiger charge is -2.30. The second kappa shape index (κ2) is 8.44. The van der Waals surface area contributed by atoms with Crippen LogP contribution in [0.25, 0.3) is 11.5 Å². The van der Waals surface area contributed by atoms with Crippen LogP contribution in [0.2, 0.25) is 0 Å². The molecule has 3 rings (SSSR count). The van der Waals surface area contributed by atoms with Crippen LogP contribution in [0.1, 0.15) is 45.1 Å². The first-order valence-corrected chi connectivity index (χ1v) is 11.2. The Morgan fingerprint density at radius 2 is 1.96 bits per heavy atom. The molecule has 7 heteroatoms. The van der Waals surface area contributed by atoms with Crippen molar-refractivity contribution in [2.75, 3.05) is 11.9 Å². The van der Waals surface area contributed by atoms with Gasteiger partial charge in [0, 0.05) is 23.8 Å². The lowest BCUT2D eigenvalue weighted by atomic mass is 9.86. The molecule has 1 aliphatic rings. The van der Waals surface area contributed by atoms with Gasteiger partial charge >= 0.3 is 0 Å². The van der Waals surface area contributed by atoms with Crippen LogP contribution < -0.4 is 10.0 Å². The molecule has 27 heavy (non-hydrogen) atoms. The first kappa shape index (κ1) is 19.9. The molecule has 0 saturated heterocycles. The molecule has 1 aromatic carbocycles. The summed E-state index contributed by atoms with van der Waals surface area (Å²) in [4.78, 5) is 4.18. The Labute approximate surface area is 161 Å². The number of rotatable bonds is 7. The summed E-state index contributed by atoms with van der Waals surface area (Å²) in [5.41, 5.74) is 3.25. The number of sulfonamides is 1. The van der Waals surface area contributed by atoms with Gasteiger partial charge in [0.2, 0.25) is 15.9 Å². The monoisotopic (exact) mass is 391 g/mol. The minimum absolute atomic E-state index is 0.0791. The van der Waals surface area contributed by atoms with E-state index in [9.17, 15) is 8.42 Å². The van der Waals surface area contributed by atoms with E-state index in [-0.39, 0.29) is 11.3 Å². The largest absolute Gasteiger partial charge is 0.445 e. The number of oxazole rings is 1. The average molecular weight is 392 g/mol. The molecule has 0 unspecified atom stereocenters. The van der Waals surface area contributed by atoms with E-state index in [2.05, 4.69) is 34.1 Å². The van der Waals surface area contributed by atoms with Crippen molar-refractivity contribution in [2.24, 2.45) is 5.92 Å². The van der Waals surface area contributed by atoms with Crippen molar-refractivity contribution < 1.29 is 12.8 Å². The number of benzene rings is 1. The van der Waals surface area contributed by atoms with Crippen molar-refractivity contribution in [2.45, 2.75) is 57.7 Å². The number of nitrogens with one attached hydrogen (secondary N) is 2. The van der Waals surface area contributed by atoms with E-state index in [4.69, 9.17) is 4.42 Å². The number of hydrogen-bond acceptors (Lipinski definition) is 5. The van der Waals surface area contributed by atoms with E-state index < -0.39 is 10.0 Å². The van der Waals surface area contributed by atoms with Gasteiger partial charge < -0.3 is 9.73 Å². The van der Waals surface area contributed by atoms with Gasteiger partial charge in [-0.2, -0.15) is 0 Å². The van der Waals surface area contributed by atoms with Crippen LogP contribution in [0.5, 0.6) is 0 Å². The maximum atomic E-state index is 12.0. The highest BCUT2D eigenvalue weighted by Gasteiger charge is 2.26. The van der Waals surface area contributed by atoms with Crippen LogP contribution in [0, 0.1) is 12.8 Å². The Morgan fingerprint density at radius 1 is 1.22 bits per heavy atom. The highest BCUT2D eigenvalue weighted by Crippen LogP contribution is 2.27. The van der Waals surface area contributed by atoms with E-state index in [0.717, 1.165) is 49.0 Å². The molecule has 1 aromatic heterocycles. The van der Waals surface area contributed by atoms with Gasteiger partial charge in [0.25, 0.3) is 0 Å². The van der Waals surface area contributed by atoms with Gasteiger partial charge in [0.15, 0.2) is 0 Å². The second-order valence-electron chi connectivity index (χ2n) is 7.68. The molecule has 0 amide bonds. The maximum absolute atomic E-state index is 12.0. The third kappa shape index (κ3) is 5.11. The zero-order chi connectivity index (χ0) is 19.4. The fraction of sp³-hybridized carbons (Fsp3) is 0.550. The first-order valence-electron chi connectivity index (χ1n) is 9.60. The highest BCUT2D eigenvalue weighted by molar-refractivity contribution is 7.90. The zero-order valence-corrected chi connectivity index (χ0v) is 17.1. The number of anilines is 1. The van der Waals surface area contributed by atoms with Gasteiger partial charge in [-0.1, -0.05) is 0 Å². The van der Waals surface area contributed by atoms with Gasteiger partial charge in [-0.15, -0.1) is 0 Å². The first-order chi connectivity index (χ1) is 12.8. The maximum Gasteiger partial charge on any atom is 0.225 e. The molecule has 1 saturated carbocycles. The standard InChI is InChI=1S/C20H29N3O3S/c1-14(2)27(24,25)23-18-7-4-16(5-8-18)13-22-19-9-6-17(12-15(19)3)20-21-10-11-26-20/h6,9-12,14,16,18,22-23H,4-5,7-8,13H2,1-3H3. The lowest BCUT2D eigenvalue weighted by molar-refractivity contribution is 0.323. The van der Waals surface area contributed by atoms with Crippen molar-refractivity contribution in [3.63, 3.8) is 0 Å². The summed E-state index contributed by atoms with van der Waals surface area (Å²) in [6.07, 6.45) is 7.10. The molecule has 2 aromatic rings. The smallest absolute Gasteiger partial charge is 0.225 e. The minimum atomic E-state index is -3.18. The summed E-state index contributed by atoms with van der Waals surface area (Å²) < 4.78 is 32.2. The summed E-state index contributed by atoms with van der Waals surface area (Å²) in [6, 6.07) is 6.23. The van der Waals surface area contributed by atoms with Crippen LogP contribution in [0.3, 0.4) is 0 Å². The van der Waals surface area contributed by atoms with Gasteiger partial charge in [0.1, 0.15) is 6.26 Å². The normalized spacial score (nSPS) is 20.7. The van der Waals surface area contributed by atoms with Gasteiger partial charge in [0.05, 0.1) is 11.4 Å². The number of aryl methyl sites for hydroxylation is 1. The number of hydrogen-bond donors (Lipinski definition) is 2. The van der Waals surface area contributed by atoms with E-state index >= 15 is 0 Å². The lowest BCUT2D eigenvalue weighted by Crippen LogP contribution is -2.41.